The number of aliphatic hydroxyl groups excluding tert-OH is 1. The highest BCUT2D eigenvalue weighted by Gasteiger charge is 2.00. The van der Waals surface area contributed by atoms with Crippen LogP contribution in [0.15, 0.2) is 6.07 Å². The molecular formula is C5H4Cl2N2O. The van der Waals surface area contributed by atoms with Crippen LogP contribution in [0.5, 0.6) is 0 Å². The molecule has 1 heterocycles. The SMILES string of the molecule is OCc1cc(Cl)c(Cl)nn1. The maximum absolute atomic E-state index is 8.55. The molecule has 10 heavy (non-hydrogen) atoms. The van der Waals surface area contributed by atoms with Crippen LogP contribution in [-0.4, -0.2) is 15.3 Å². The van der Waals surface area contributed by atoms with Crippen LogP contribution in [0.25, 0.3) is 0 Å². The molecule has 0 saturated carbocycles. The fraction of sp³-hybridized carbons (Fsp3) is 0.200. The summed E-state index contributed by atoms with van der Waals surface area (Å²) in [4.78, 5) is 0. The van der Waals surface area contributed by atoms with Crippen molar-refractivity contribution in [2.75, 3.05) is 0 Å². The first-order valence-corrected chi connectivity index (χ1v) is 3.28. The van der Waals surface area contributed by atoms with Crippen molar-refractivity contribution in [1.82, 2.24) is 10.2 Å². The number of hydrogen-bond acceptors (Lipinski definition) is 3. The van der Waals surface area contributed by atoms with E-state index in [4.69, 9.17) is 28.3 Å². The molecule has 0 spiro atoms. The van der Waals surface area contributed by atoms with E-state index in [0.717, 1.165) is 0 Å². The number of nitrogens with zero attached hydrogens (tertiary/aromatic N) is 2. The van der Waals surface area contributed by atoms with E-state index in [1.54, 1.807) is 0 Å². The summed E-state index contributed by atoms with van der Waals surface area (Å²) < 4.78 is 0. The molecule has 1 N–H and O–H groups in total. The molecule has 5 heteroatoms. The Bertz CT molecular complexity index is 241. The monoisotopic (exact) mass is 178 g/mol. The summed E-state index contributed by atoms with van der Waals surface area (Å²) >= 11 is 11.0. The van der Waals surface area contributed by atoms with Gasteiger partial charge in [0.1, 0.15) is 0 Å². The minimum absolute atomic E-state index is 0.152. The lowest BCUT2D eigenvalue weighted by atomic mass is 10.4. The summed E-state index contributed by atoms with van der Waals surface area (Å²) in [5.41, 5.74) is 0.411. The zero-order valence-corrected chi connectivity index (χ0v) is 6.39. The molecule has 0 aromatic carbocycles. The largest absolute Gasteiger partial charge is 0.390 e. The van der Waals surface area contributed by atoms with Crippen molar-refractivity contribution in [2.45, 2.75) is 6.61 Å². The lowest BCUT2D eigenvalue weighted by Crippen LogP contribution is -1.92. The van der Waals surface area contributed by atoms with Crippen molar-refractivity contribution in [3.63, 3.8) is 0 Å². The lowest BCUT2D eigenvalue weighted by Gasteiger charge is -1.94. The summed E-state index contributed by atoms with van der Waals surface area (Å²) in [6, 6.07) is 1.47. The molecule has 3 nitrogen and oxygen atoms in total. The standard InChI is InChI=1S/C5H4Cl2N2O/c6-4-1-3(2-10)8-9-5(4)7/h1,10H,2H2. The van der Waals surface area contributed by atoms with E-state index in [1.165, 1.54) is 6.07 Å². The zero-order chi connectivity index (χ0) is 7.56. The first kappa shape index (κ1) is 7.72. The normalized spacial score (nSPS) is 9.90. The van der Waals surface area contributed by atoms with Gasteiger partial charge in [-0.1, -0.05) is 23.2 Å². The Kier molecular flexibility index (Phi) is 2.43. The van der Waals surface area contributed by atoms with E-state index in [9.17, 15) is 0 Å². The van der Waals surface area contributed by atoms with Gasteiger partial charge in [0, 0.05) is 0 Å². The first-order valence-electron chi connectivity index (χ1n) is 2.52. The van der Waals surface area contributed by atoms with Crippen molar-refractivity contribution in [3.05, 3.63) is 21.9 Å². The molecule has 0 aliphatic carbocycles. The molecule has 0 atom stereocenters. The van der Waals surface area contributed by atoms with Crippen LogP contribution in [0.2, 0.25) is 10.2 Å². The molecule has 0 aliphatic rings. The summed E-state index contributed by atoms with van der Waals surface area (Å²) in [5, 5.41) is 16.0. The molecule has 1 aromatic rings. The van der Waals surface area contributed by atoms with Gasteiger partial charge in [-0.05, 0) is 6.07 Å². The lowest BCUT2D eigenvalue weighted by molar-refractivity contribution is 0.275. The Hall–Kier alpha value is -0.380. The topological polar surface area (TPSA) is 46.0 Å². The van der Waals surface area contributed by atoms with Crippen LogP contribution in [0.4, 0.5) is 0 Å². The molecule has 0 saturated heterocycles. The minimum Gasteiger partial charge on any atom is -0.390 e. The van der Waals surface area contributed by atoms with E-state index >= 15 is 0 Å². The third kappa shape index (κ3) is 1.56. The van der Waals surface area contributed by atoms with Gasteiger partial charge in [-0.25, -0.2) is 0 Å². The molecule has 0 fully saturated rings. The number of halogens is 2. The molecule has 0 bridgehead atoms. The van der Waals surface area contributed by atoms with Gasteiger partial charge >= 0.3 is 0 Å². The van der Waals surface area contributed by atoms with E-state index in [1.807, 2.05) is 0 Å². The van der Waals surface area contributed by atoms with Gasteiger partial charge in [-0.2, -0.15) is 5.10 Å². The molecule has 1 rings (SSSR count). The average molecular weight is 179 g/mol. The second kappa shape index (κ2) is 3.14. The fourth-order valence-electron chi connectivity index (χ4n) is 0.468. The minimum atomic E-state index is -0.177. The molecule has 0 amide bonds. The molecule has 54 valence electrons. The third-order valence-electron chi connectivity index (χ3n) is 0.919. The number of rotatable bonds is 1. The molecule has 0 aliphatic heterocycles. The van der Waals surface area contributed by atoms with Gasteiger partial charge in [0.25, 0.3) is 0 Å². The first-order chi connectivity index (χ1) is 4.74. The van der Waals surface area contributed by atoms with Crippen LogP contribution in [-0.2, 0) is 6.61 Å². The average Bonchev–Trinajstić information content (AvgIpc) is 1.95. The van der Waals surface area contributed by atoms with E-state index in [-0.39, 0.29) is 11.8 Å². The highest BCUT2D eigenvalue weighted by Crippen LogP contribution is 2.17. The maximum Gasteiger partial charge on any atom is 0.170 e. The molecular weight excluding hydrogens is 175 g/mol. The van der Waals surface area contributed by atoms with E-state index in [2.05, 4.69) is 10.2 Å². The predicted molar refractivity (Wildman–Crippen MR) is 38.0 cm³/mol. The quantitative estimate of drug-likeness (QED) is 0.706. The highest BCUT2D eigenvalue weighted by atomic mass is 35.5. The smallest absolute Gasteiger partial charge is 0.170 e. The van der Waals surface area contributed by atoms with Crippen LogP contribution in [0.3, 0.4) is 0 Å². The van der Waals surface area contributed by atoms with Crippen LogP contribution in [0, 0.1) is 0 Å². The molecule has 0 unspecified atom stereocenters. The molecule has 1 aromatic heterocycles. The maximum atomic E-state index is 8.55. The molecule has 0 radical (unpaired) electrons. The Balaban J connectivity index is 3.04. The van der Waals surface area contributed by atoms with Crippen LogP contribution < -0.4 is 0 Å². The van der Waals surface area contributed by atoms with Crippen molar-refractivity contribution < 1.29 is 5.11 Å². The summed E-state index contributed by atoms with van der Waals surface area (Å²) in [6.45, 7) is -0.177. The second-order valence-corrected chi connectivity index (χ2v) is 2.40. The summed E-state index contributed by atoms with van der Waals surface area (Å²) in [5.74, 6) is 0. The van der Waals surface area contributed by atoms with E-state index in [0.29, 0.717) is 10.7 Å². The highest BCUT2D eigenvalue weighted by molar-refractivity contribution is 6.41. The van der Waals surface area contributed by atoms with Gasteiger partial charge < -0.3 is 5.11 Å². The zero-order valence-electron chi connectivity index (χ0n) is 4.88. The van der Waals surface area contributed by atoms with Crippen molar-refractivity contribution in [2.24, 2.45) is 0 Å². The van der Waals surface area contributed by atoms with Crippen LogP contribution in [0.1, 0.15) is 5.69 Å². The number of aliphatic hydroxyl groups is 1. The Morgan fingerprint density at radius 2 is 2.10 bits per heavy atom. The second-order valence-electron chi connectivity index (χ2n) is 1.63. The number of hydrogen-bond donors (Lipinski definition) is 1. The van der Waals surface area contributed by atoms with Gasteiger partial charge in [0.05, 0.1) is 17.3 Å². The van der Waals surface area contributed by atoms with Crippen molar-refractivity contribution >= 4 is 23.2 Å². The van der Waals surface area contributed by atoms with Gasteiger partial charge in [0.15, 0.2) is 5.15 Å². The van der Waals surface area contributed by atoms with Gasteiger partial charge in [-0.3, -0.25) is 0 Å². The van der Waals surface area contributed by atoms with Crippen molar-refractivity contribution in [1.29, 1.82) is 0 Å². The number of aromatic nitrogens is 2. The summed E-state index contributed by atoms with van der Waals surface area (Å²) in [7, 11) is 0. The van der Waals surface area contributed by atoms with Gasteiger partial charge in [0.2, 0.25) is 0 Å². The predicted octanol–water partition coefficient (Wildman–Crippen LogP) is 1.28. The Morgan fingerprint density at radius 1 is 1.40 bits per heavy atom. The van der Waals surface area contributed by atoms with E-state index < -0.39 is 0 Å². The third-order valence-corrected chi connectivity index (χ3v) is 1.58. The Labute approximate surface area is 67.6 Å². The Morgan fingerprint density at radius 3 is 2.60 bits per heavy atom. The van der Waals surface area contributed by atoms with Crippen LogP contribution >= 0.6 is 23.2 Å². The summed E-state index contributed by atoms with van der Waals surface area (Å²) in [6.07, 6.45) is 0. The fourth-order valence-corrected chi connectivity index (χ4v) is 0.724. The van der Waals surface area contributed by atoms with Crippen molar-refractivity contribution in [3.8, 4) is 0 Å². The van der Waals surface area contributed by atoms with Gasteiger partial charge in [-0.15, -0.1) is 5.10 Å².